The van der Waals surface area contributed by atoms with Crippen molar-refractivity contribution in [3.63, 3.8) is 0 Å². The maximum Gasteiger partial charge on any atom is 0.182 e. The van der Waals surface area contributed by atoms with Crippen molar-refractivity contribution in [2.75, 3.05) is 0 Å². The Morgan fingerprint density at radius 1 is 0.818 bits per heavy atom. The van der Waals surface area contributed by atoms with Crippen molar-refractivity contribution in [2.45, 2.75) is 13.8 Å². The van der Waals surface area contributed by atoms with Crippen molar-refractivity contribution in [3.8, 4) is 24.3 Å². The van der Waals surface area contributed by atoms with Crippen LogP contribution in [0, 0.1) is 68.0 Å². The van der Waals surface area contributed by atoms with Crippen molar-refractivity contribution < 1.29 is 0 Å². The Balaban J connectivity index is 4.05. The van der Waals surface area contributed by atoms with Gasteiger partial charge in [-0.25, -0.2) is 0 Å². The first-order valence-electron chi connectivity index (χ1n) is 5.95. The second-order valence-electron chi connectivity index (χ2n) is 4.66. The van der Waals surface area contributed by atoms with Crippen LogP contribution in [-0.4, -0.2) is 0 Å². The molecule has 0 heterocycles. The SMILES string of the molecule is C[C@@H]1C(N=[N+]=[N-])=C(N=[N+]=[N-])[C@@H](C)C(C#N)(C#N)C1(C#N)C#N. The third-order valence-corrected chi connectivity index (χ3v) is 4.01. The molecule has 0 aromatic carbocycles. The van der Waals surface area contributed by atoms with Crippen LogP contribution in [0.1, 0.15) is 13.8 Å². The number of hydrogen-bond donors (Lipinski definition) is 0. The fraction of sp³-hybridized carbons (Fsp3) is 0.500. The van der Waals surface area contributed by atoms with E-state index in [4.69, 9.17) is 11.1 Å². The quantitative estimate of drug-likeness (QED) is 0.428. The number of hydrogen-bond acceptors (Lipinski definition) is 6. The molecule has 2 atom stereocenters. The van der Waals surface area contributed by atoms with Crippen molar-refractivity contribution in [1.82, 2.24) is 0 Å². The topological polar surface area (TPSA) is 193 Å². The number of azide groups is 2. The molecule has 0 N–H and O–H groups in total. The lowest BCUT2D eigenvalue weighted by Crippen LogP contribution is -2.51. The molecule has 0 fully saturated rings. The average molecular weight is 292 g/mol. The molecule has 10 nitrogen and oxygen atoms in total. The van der Waals surface area contributed by atoms with E-state index in [1.54, 1.807) is 24.3 Å². The normalized spacial score (nSPS) is 24.3. The van der Waals surface area contributed by atoms with Gasteiger partial charge in [-0.2, -0.15) is 21.0 Å². The zero-order chi connectivity index (χ0) is 17.0. The zero-order valence-electron chi connectivity index (χ0n) is 11.6. The minimum atomic E-state index is -2.06. The summed E-state index contributed by atoms with van der Waals surface area (Å²) in [6.07, 6.45) is 0. The first kappa shape index (κ1) is 16.4. The highest BCUT2D eigenvalue weighted by atomic mass is 15.2. The van der Waals surface area contributed by atoms with Gasteiger partial charge in [-0.3, -0.25) is 0 Å². The smallest absolute Gasteiger partial charge is 0.182 e. The van der Waals surface area contributed by atoms with Gasteiger partial charge < -0.3 is 0 Å². The van der Waals surface area contributed by atoms with E-state index >= 15 is 0 Å². The van der Waals surface area contributed by atoms with E-state index in [0.29, 0.717) is 0 Å². The Labute approximate surface area is 125 Å². The average Bonchev–Trinajstić information content (AvgIpc) is 2.54. The Bertz CT molecular complexity index is 699. The van der Waals surface area contributed by atoms with E-state index in [1.165, 1.54) is 13.8 Å². The zero-order valence-corrected chi connectivity index (χ0v) is 11.6. The summed E-state index contributed by atoms with van der Waals surface area (Å²) in [6.45, 7) is 2.75. The summed E-state index contributed by atoms with van der Waals surface area (Å²) in [4.78, 5) is 5.22. The van der Waals surface area contributed by atoms with Crippen LogP contribution in [0.4, 0.5) is 0 Å². The van der Waals surface area contributed by atoms with Gasteiger partial charge in [-0.1, -0.05) is 24.1 Å². The van der Waals surface area contributed by atoms with E-state index in [0.717, 1.165) is 0 Å². The third kappa shape index (κ3) is 1.71. The molecule has 1 aliphatic rings. The van der Waals surface area contributed by atoms with Gasteiger partial charge in [-0.05, 0) is 11.1 Å². The van der Waals surface area contributed by atoms with Gasteiger partial charge in [0.25, 0.3) is 0 Å². The summed E-state index contributed by atoms with van der Waals surface area (Å²) in [6, 6.07) is 6.93. The molecule has 106 valence electrons. The first-order valence-corrected chi connectivity index (χ1v) is 5.95. The molecule has 0 aliphatic heterocycles. The maximum atomic E-state index is 9.49. The molecule has 0 aromatic rings. The fourth-order valence-corrected chi connectivity index (χ4v) is 2.70. The van der Waals surface area contributed by atoms with Crippen LogP contribution in [0.3, 0.4) is 0 Å². The van der Waals surface area contributed by atoms with Crippen LogP contribution >= 0.6 is 0 Å². The van der Waals surface area contributed by atoms with Crippen molar-refractivity contribution in [1.29, 1.82) is 21.0 Å². The summed E-state index contributed by atoms with van der Waals surface area (Å²) < 4.78 is 0. The molecule has 0 saturated carbocycles. The predicted molar refractivity (Wildman–Crippen MR) is 71.0 cm³/mol. The molecular formula is C12H8N10. The molecule has 0 saturated heterocycles. The van der Waals surface area contributed by atoms with Gasteiger partial charge in [-0.15, -0.1) is 0 Å². The second-order valence-corrected chi connectivity index (χ2v) is 4.66. The Hall–Kier alpha value is -3.68. The largest absolute Gasteiger partial charge is 0.196 e. The Kier molecular flexibility index (Phi) is 4.28. The van der Waals surface area contributed by atoms with Gasteiger partial charge in [0.2, 0.25) is 0 Å². The molecule has 0 radical (unpaired) electrons. The molecule has 10 heteroatoms. The van der Waals surface area contributed by atoms with Crippen LogP contribution in [0.5, 0.6) is 0 Å². The molecule has 0 amide bonds. The number of allylic oxidation sites excluding steroid dienone is 2. The molecule has 1 rings (SSSR count). The van der Waals surface area contributed by atoms with Gasteiger partial charge in [0.1, 0.15) is 0 Å². The molecule has 0 bridgehead atoms. The lowest BCUT2D eigenvalue weighted by Gasteiger charge is -2.44. The summed E-state index contributed by atoms with van der Waals surface area (Å²) >= 11 is 0. The fourth-order valence-electron chi connectivity index (χ4n) is 2.70. The van der Waals surface area contributed by atoms with E-state index < -0.39 is 22.7 Å². The summed E-state index contributed by atoms with van der Waals surface area (Å²) in [7, 11) is 0. The highest BCUT2D eigenvalue weighted by molar-refractivity contribution is 5.46. The highest BCUT2D eigenvalue weighted by Gasteiger charge is 2.65. The lowest BCUT2D eigenvalue weighted by molar-refractivity contribution is 0.152. The first-order chi connectivity index (χ1) is 10.5. The molecular weight excluding hydrogens is 284 g/mol. The number of nitriles is 4. The molecule has 1 aliphatic carbocycles. The van der Waals surface area contributed by atoms with Crippen LogP contribution in [0.25, 0.3) is 20.9 Å². The number of nitrogens with zero attached hydrogens (tertiary/aromatic N) is 10. The van der Waals surface area contributed by atoms with Gasteiger partial charge in [0.15, 0.2) is 10.8 Å². The van der Waals surface area contributed by atoms with Crippen molar-refractivity contribution in [2.24, 2.45) is 32.9 Å². The Morgan fingerprint density at radius 3 is 1.27 bits per heavy atom. The van der Waals surface area contributed by atoms with Crippen LogP contribution in [0.15, 0.2) is 21.6 Å². The summed E-state index contributed by atoms with van der Waals surface area (Å²) in [5.74, 6) is -2.18. The summed E-state index contributed by atoms with van der Waals surface area (Å²) in [5, 5.41) is 44.8. The van der Waals surface area contributed by atoms with E-state index in [1.807, 2.05) is 0 Å². The predicted octanol–water partition coefficient (Wildman–Crippen LogP) is 3.17. The molecule has 0 unspecified atom stereocenters. The van der Waals surface area contributed by atoms with E-state index in [-0.39, 0.29) is 11.4 Å². The second kappa shape index (κ2) is 5.75. The van der Waals surface area contributed by atoms with Crippen molar-refractivity contribution >= 4 is 0 Å². The number of rotatable bonds is 2. The van der Waals surface area contributed by atoms with E-state index in [2.05, 4.69) is 20.1 Å². The van der Waals surface area contributed by atoms with Crippen LogP contribution in [-0.2, 0) is 0 Å². The maximum absolute atomic E-state index is 9.49. The minimum absolute atomic E-state index is 0.114. The molecule has 0 aromatic heterocycles. The van der Waals surface area contributed by atoms with Gasteiger partial charge >= 0.3 is 0 Å². The van der Waals surface area contributed by atoms with E-state index in [9.17, 15) is 21.0 Å². The monoisotopic (exact) mass is 292 g/mol. The Morgan fingerprint density at radius 2 is 1.09 bits per heavy atom. The summed E-state index contributed by atoms with van der Waals surface area (Å²) in [5.41, 5.74) is 13.0. The lowest BCUT2D eigenvalue weighted by atomic mass is 9.51. The van der Waals surface area contributed by atoms with Gasteiger partial charge in [0, 0.05) is 33.1 Å². The van der Waals surface area contributed by atoms with Crippen LogP contribution in [0.2, 0.25) is 0 Å². The van der Waals surface area contributed by atoms with Gasteiger partial charge in [0.05, 0.1) is 24.3 Å². The van der Waals surface area contributed by atoms with Crippen LogP contribution < -0.4 is 0 Å². The minimum Gasteiger partial charge on any atom is -0.196 e. The molecule has 22 heavy (non-hydrogen) atoms. The standard InChI is InChI=1S/C12H8N10/c1-7-9(19-21-17)10(20-22-18)8(2)12(5-15,6-16)11(7,3-13)4-14/h7-8H,1-2H3/t7-,8-/m1/s1. The van der Waals surface area contributed by atoms with Crippen molar-refractivity contribution in [3.05, 3.63) is 32.3 Å². The highest BCUT2D eigenvalue weighted by Crippen LogP contribution is 2.58. The molecule has 0 spiro atoms. The third-order valence-electron chi connectivity index (χ3n) is 4.01.